The van der Waals surface area contributed by atoms with E-state index in [1.807, 2.05) is 38.1 Å². The SMILES string of the molecule is COC(=O)c1ccccc1/C=C1\Cc2cc(C)cc(C)c2C1=O. The van der Waals surface area contributed by atoms with Crippen molar-refractivity contribution in [2.45, 2.75) is 20.3 Å². The first-order chi connectivity index (χ1) is 11.0. The van der Waals surface area contributed by atoms with Crippen LogP contribution in [0.3, 0.4) is 0 Å². The number of fused-ring (bicyclic) bond motifs is 1. The van der Waals surface area contributed by atoms with E-state index in [-0.39, 0.29) is 5.78 Å². The van der Waals surface area contributed by atoms with E-state index in [0.717, 1.165) is 22.3 Å². The van der Waals surface area contributed by atoms with Crippen molar-refractivity contribution in [3.63, 3.8) is 0 Å². The number of ether oxygens (including phenoxy) is 1. The largest absolute Gasteiger partial charge is 0.465 e. The Labute approximate surface area is 135 Å². The Kier molecular flexibility index (Phi) is 3.87. The molecule has 3 heteroatoms. The Morgan fingerprint density at radius 1 is 1.17 bits per heavy atom. The fourth-order valence-electron chi connectivity index (χ4n) is 3.19. The number of benzene rings is 2. The number of hydrogen-bond donors (Lipinski definition) is 0. The standard InChI is InChI=1S/C20H18O3/c1-12-8-13(2)18-15(9-12)11-16(19(18)21)10-14-6-4-5-7-17(14)20(22)23-3/h4-10H,11H2,1-3H3/b16-10+. The molecule has 0 unspecified atom stereocenters. The fourth-order valence-corrected chi connectivity index (χ4v) is 3.19. The minimum absolute atomic E-state index is 0.0529. The van der Waals surface area contributed by atoms with Gasteiger partial charge in [-0.1, -0.05) is 35.9 Å². The van der Waals surface area contributed by atoms with Crippen molar-refractivity contribution in [1.82, 2.24) is 0 Å². The van der Waals surface area contributed by atoms with E-state index in [4.69, 9.17) is 4.74 Å². The predicted octanol–water partition coefficient (Wildman–Crippen LogP) is 3.91. The van der Waals surface area contributed by atoms with E-state index in [0.29, 0.717) is 23.1 Å². The molecule has 0 atom stereocenters. The molecule has 0 fully saturated rings. The van der Waals surface area contributed by atoms with E-state index >= 15 is 0 Å². The van der Waals surface area contributed by atoms with Crippen LogP contribution in [0, 0.1) is 13.8 Å². The topological polar surface area (TPSA) is 43.4 Å². The summed E-state index contributed by atoms with van der Waals surface area (Å²) < 4.78 is 4.81. The zero-order valence-corrected chi connectivity index (χ0v) is 13.5. The molecule has 0 heterocycles. The molecule has 0 aromatic heterocycles. The zero-order valence-electron chi connectivity index (χ0n) is 13.5. The monoisotopic (exact) mass is 306 g/mol. The molecule has 23 heavy (non-hydrogen) atoms. The smallest absolute Gasteiger partial charge is 0.338 e. The summed E-state index contributed by atoms with van der Waals surface area (Å²) in [7, 11) is 1.36. The van der Waals surface area contributed by atoms with Gasteiger partial charge in [0.2, 0.25) is 0 Å². The predicted molar refractivity (Wildman–Crippen MR) is 89.7 cm³/mol. The quantitative estimate of drug-likeness (QED) is 0.624. The molecule has 3 rings (SSSR count). The first-order valence-electron chi connectivity index (χ1n) is 7.54. The van der Waals surface area contributed by atoms with Crippen LogP contribution >= 0.6 is 0 Å². The van der Waals surface area contributed by atoms with Crippen LogP contribution in [0.4, 0.5) is 0 Å². The highest BCUT2D eigenvalue weighted by molar-refractivity contribution is 6.16. The number of carbonyl (C=O) groups is 2. The van der Waals surface area contributed by atoms with Gasteiger partial charge in [-0.2, -0.15) is 0 Å². The molecule has 0 bridgehead atoms. The number of ketones is 1. The average Bonchev–Trinajstić information content (AvgIpc) is 2.83. The summed E-state index contributed by atoms with van der Waals surface area (Å²) >= 11 is 0. The maximum atomic E-state index is 12.7. The molecule has 0 amide bonds. The Hall–Kier alpha value is -2.68. The lowest BCUT2D eigenvalue weighted by atomic mass is 10.0. The third-order valence-electron chi connectivity index (χ3n) is 4.16. The van der Waals surface area contributed by atoms with Crippen LogP contribution in [0.2, 0.25) is 0 Å². The van der Waals surface area contributed by atoms with Gasteiger partial charge in [0.1, 0.15) is 0 Å². The molecule has 0 saturated heterocycles. The second kappa shape index (κ2) is 5.84. The summed E-state index contributed by atoms with van der Waals surface area (Å²) in [6.45, 7) is 4.00. The first-order valence-corrected chi connectivity index (χ1v) is 7.54. The summed E-state index contributed by atoms with van der Waals surface area (Å²) in [6, 6.07) is 11.3. The number of rotatable bonds is 2. The Morgan fingerprint density at radius 3 is 2.65 bits per heavy atom. The van der Waals surface area contributed by atoms with Crippen molar-refractivity contribution in [1.29, 1.82) is 0 Å². The Bertz CT molecular complexity index is 844. The second-order valence-corrected chi connectivity index (χ2v) is 5.87. The molecule has 0 saturated carbocycles. The number of allylic oxidation sites excluding steroid dienone is 1. The first kappa shape index (κ1) is 15.2. The van der Waals surface area contributed by atoms with Crippen LogP contribution in [0.15, 0.2) is 42.0 Å². The zero-order chi connectivity index (χ0) is 16.6. The lowest BCUT2D eigenvalue weighted by Gasteiger charge is -2.04. The molecule has 3 nitrogen and oxygen atoms in total. The van der Waals surface area contributed by atoms with Crippen LogP contribution in [-0.2, 0) is 11.2 Å². The molecular formula is C20H18O3. The Morgan fingerprint density at radius 2 is 1.91 bits per heavy atom. The fraction of sp³-hybridized carbons (Fsp3) is 0.200. The van der Waals surface area contributed by atoms with Gasteiger partial charge < -0.3 is 4.74 Å². The van der Waals surface area contributed by atoms with Crippen LogP contribution < -0.4 is 0 Å². The van der Waals surface area contributed by atoms with Crippen LogP contribution in [0.5, 0.6) is 0 Å². The van der Waals surface area contributed by atoms with Gasteiger partial charge in [0, 0.05) is 17.6 Å². The van der Waals surface area contributed by atoms with Gasteiger partial charge in [-0.05, 0) is 42.7 Å². The molecule has 2 aromatic carbocycles. The van der Waals surface area contributed by atoms with Crippen LogP contribution in [0.1, 0.15) is 43.0 Å². The molecular weight excluding hydrogens is 288 g/mol. The van der Waals surface area contributed by atoms with E-state index in [1.165, 1.54) is 7.11 Å². The summed E-state index contributed by atoms with van der Waals surface area (Å²) in [5.74, 6) is -0.343. The molecule has 0 radical (unpaired) electrons. The highest BCUT2D eigenvalue weighted by Gasteiger charge is 2.27. The normalized spacial score (nSPS) is 14.9. The van der Waals surface area contributed by atoms with Crippen molar-refractivity contribution >= 4 is 17.8 Å². The number of aryl methyl sites for hydroxylation is 2. The lowest BCUT2D eigenvalue weighted by molar-refractivity contribution is 0.0600. The third kappa shape index (κ3) is 2.70. The molecule has 116 valence electrons. The lowest BCUT2D eigenvalue weighted by Crippen LogP contribution is -2.04. The van der Waals surface area contributed by atoms with Crippen molar-refractivity contribution in [2.24, 2.45) is 0 Å². The maximum Gasteiger partial charge on any atom is 0.338 e. The van der Waals surface area contributed by atoms with E-state index in [1.54, 1.807) is 12.1 Å². The van der Waals surface area contributed by atoms with Crippen molar-refractivity contribution in [2.75, 3.05) is 7.11 Å². The van der Waals surface area contributed by atoms with Gasteiger partial charge in [0.15, 0.2) is 5.78 Å². The molecule has 0 N–H and O–H groups in total. The summed E-state index contributed by atoms with van der Waals surface area (Å²) in [5, 5.41) is 0. The van der Waals surface area contributed by atoms with Crippen molar-refractivity contribution < 1.29 is 14.3 Å². The van der Waals surface area contributed by atoms with Gasteiger partial charge >= 0.3 is 5.97 Å². The van der Waals surface area contributed by atoms with Gasteiger partial charge in [0.05, 0.1) is 12.7 Å². The highest BCUT2D eigenvalue weighted by Crippen LogP contribution is 2.31. The Balaban J connectivity index is 2.05. The summed E-state index contributed by atoms with van der Waals surface area (Å²) in [4.78, 5) is 24.6. The average molecular weight is 306 g/mol. The number of methoxy groups -OCH3 is 1. The minimum Gasteiger partial charge on any atom is -0.465 e. The summed E-state index contributed by atoms with van der Waals surface area (Å²) in [5.41, 5.74) is 5.93. The van der Waals surface area contributed by atoms with E-state index in [9.17, 15) is 9.59 Å². The van der Waals surface area contributed by atoms with Gasteiger partial charge in [-0.3, -0.25) is 4.79 Å². The van der Waals surface area contributed by atoms with Crippen LogP contribution in [-0.4, -0.2) is 18.9 Å². The highest BCUT2D eigenvalue weighted by atomic mass is 16.5. The maximum absolute atomic E-state index is 12.7. The van der Waals surface area contributed by atoms with Crippen molar-refractivity contribution in [3.05, 3.63) is 75.4 Å². The number of carbonyl (C=O) groups excluding carboxylic acids is 2. The number of hydrogen-bond acceptors (Lipinski definition) is 3. The summed E-state index contributed by atoms with van der Waals surface area (Å²) in [6.07, 6.45) is 2.41. The van der Waals surface area contributed by atoms with Crippen molar-refractivity contribution in [3.8, 4) is 0 Å². The van der Waals surface area contributed by atoms with E-state index in [2.05, 4.69) is 6.07 Å². The van der Waals surface area contributed by atoms with Crippen LogP contribution in [0.25, 0.3) is 6.08 Å². The molecule has 2 aromatic rings. The third-order valence-corrected chi connectivity index (χ3v) is 4.16. The molecule has 0 spiro atoms. The minimum atomic E-state index is -0.396. The molecule has 0 aliphatic heterocycles. The van der Waals surface area contributed by atoms with E-state index < -0.39 is 5.97 Å². The van der Waals surface area contributed by atoms with Gasteiger partial charge in [-0.25, -0.2) is 4.79 Å². The molecule has 1 aliphatic rings. The second-order valence-electron chi connectivity index (χ2n) is 5.87. The number of Topliss-reactive ketones (excluding diaryl/α,β-unsaturated/α-hetero) is 1. The van der Waals surface area contributed by atoms with Gasteiger partial charge in [0.25, 0.3) is 0 Å². The number of esters is 1. The van der Waals surface area contributed by atoms with Gasteiger partial charge in [-0.15, -0.1) is 0 Å². The molecule has 1 aliphatic carbocycles.